The first-order valence-electron chi connectivity index (χ1n) is 8.33. The molecule has 1 aliphatic rings. The first kappa shape index (κ1) is 19.3. The van der Waals surface area contributed by atoms with Crippen LogP contribution in [-0.4, -0.2) is 17.6 Å². The quantitative estimate of drug-likeness (QED) is 0.693. The summed E-state index contributed by atoms with van der Waals surface area (Å²) in [5, 5.41) is 5.13. The summed E-state index contributed by atoms with van der Waals surface area (Å²) in [6, 6.07) is 11.9. The summed E-state index contributed by atoms with van der Waals surface area (Å²) < 4.78 is 38.9. The molecule has 27 heavy (non-hydrogen) atoms. The highest BCUT2D eigenvalue weighted by Crippen LogP contribution is 2.35. The van der Waals surface area contributed by atoms with Crippen LogP contribution in [0.25, 0.3) is 0 Å². The summed E-state index contributed by atoms with van der Waals surface area (Å²) in [6.07, 6.45) is -2.73. The number of carbonyl (C=O) groups is 2. The standard InChI is InChI=1S/C19H17F3N2O2S/c20-19(21,22)15-6-1-2-7-16(15)24-17(25)11-27-14-5-3-4-13(10-14)23-18(26)12-8-9-12/h1-7,10,12H,8-9,11H2,(H,23,26)(H,24,25). The van der Waals surface area contributed by atoms with Gasteiger partial charge in [0.05, 0.1) is 17.0 Å². The van der Waals surface area contributed by atoms with Gasteiger partial charge in [0, 0.05) is 16.5 Å². The molecule has 0 heterocycles. The number of alkyl halides is 3. The van der Waals surface area contributed by atoms with Crippen LogP contribution in [-0.2, 0) is 15.8 Å². The van der Waals surface area contributed by atoms with Crippen LogP contribution in [0.4, 0.5) is 24.5 Å². The minimum absolute atomic E-state index is 0.0151. The molecule has 1 saturated carbocycles. The third kappa shape index (κ3) is 5.50. The second kappa shape index (κ2) is 8.04. The summed E-state index contributed by atoms with van der Waals surface area (Å²) in [5.41, 5.74) is -0.506. The van der Waals surface area contributed by atoms with Crippen LogP contribution in [0.3, 0.4) is 0 Å². The Morgan fingerprint density at radius 3 is 2.48 bits per heavy atom. The third-order valence-corrected chi connectivity index (χ3v) is 4.92. The van der Waals surface area contributed by atoms with Crippen molar-refractivity contribution in [2.24, 2.45) is 5.92 Å². The highest BCUT2D eigenvalue weighted by atomic mass is 32.2. The van der Waals surface area contributed by atoms with E-state index in [2.05, 4.69) is 10.6 Å². The van der Waals surface area contributed by atoms with Crippen molar-refractivity contribution in [3.8, 4) is 0 Å². The van der Waals surface area contributed by atoms with Crippen LogP contribution in [0, 0.1) is 5.92 Å². The largest absolute Gasteiger partial charge is 0.418 e. The van der Waals surface area contributed by atoms with E-state index in [9.17, 15) is 22.8 Å². The molecule has 4 nitrogen and oxygen atoms in total. The fourth-order valence-electron chi connectivity index (χ4n) is 2.43. The summed E-state index contributed by atoms with van der Waals surface area (Å²) in [6.45, 7) is 0. The highest BCUT2D eigenvalue weighted by Gasteiger charge is 2.33. The first-order chi connectivity index (χ1) is 12.8. The highest BCUT2D eigenvalue weighted by molar-refractivity contribution is 8.00. The van der Waals surface area contributed by atoms with Gasteiger partial charge in [-0.25, -0.2) is 0 Å². The summed E-state index contributed by atoms with van der Waals surface area (Å²) >= 11 is 1.18. The average Bonchev–Trinajstić information content (AvgIpc) is 3.45. The summed E-state index contributed by atoms with van der Waals surface area (Å²) in [4.78, 5) is 24.6. The van der Waals surface area contributed by atoms with E-state index >= 15 is 0 Å². The lowest BCUT2D eigenvalue weighted by molar-refractivity contribution is -0.137. The Hall–Kier alpha value is -2.48. The maximum absolute atomic E-state index is 13.0. The van der Waals surface area contributed by atoms with Crippen LogP contribution in [0.2, 0.25) is 0 Å². The molecular weight excluding hydrogens is 377 g/mol. The molecule has 0 saturated heterocycles. The van der Waals surface area contributed by atoms with Gasteiger partial charge in [-0.2, -0.15) is 13.2 Å². The minimum atomic E-state index is -4.54. The number of thioether (sulfide) groups is 1. The van der Waals surface area contributed by atoms with E-state index in [1.165, 1.54) is 30.0 Å². The number of carbonyl (C=O) groups excluding carboxylic acids is 2. The van der Waals surface area contributed by atoms with Gasteiger partial charge in [0.25, 0.3) is 0 Å². The van der Waals surface area contributed by atoms with E-state index in [0.717, 1.165) is 23.8 Å². The van der Waals surface area contributed by atoms with Gasteiger partial charge in [0.15, 0.2) is 0 Å². The number of hydrogen-bond acceptors (Lipinski definition) is 3. The molecule has 0 atom stereocenters. The molecule has 0 aromatic heterocycles. The molecule has 2 N–H and O–H groups in total. The lowest BCUT2D eigenvalue weighted by atomic mass is 10.1. The molecule has 3 rings (SSSR count). The fraction of sp³-hybridized carbons (Fsp3) is 0.263. The molecule has 142 valence electrons. The molecule has 0 unspecified atom stereocenters. The van der Waals surface area contributed by atoms with Gasteiger partial charge in [-0.3, -0.25) is 9.59 Å². The molecule has 1 aliphatic carbocycles. The van der Waals surface area contributed by atoms with Crippen molar-refractivity contribution in [2.75, 3.05) is 16.4 Å². The Bertz CT molecular complexity index is 851. The van der Waals surface area contributed by atoms with Crippen molar-refractivity contribution < 1.29 is 22.8 Å². The van der Waals surface area contributed by atoms with Crippen molar-refractivity contribution >= 4 is 35.0 Å². The zero-order chi connectivity index (χ0) is 19.4. The molecule has 8 heteroatoms. The number of anilines is 2. The molecule has 0 bridgehead atoms. The smallest absolute Gasteiger partial charge is 0.326 e. The number of nitrogens with one attached hydrogen (secondary N) is 2. The lowest BCUT2D eigenvalue weighted by Crippen LogP contribution is -2.18. The molecule has 2 amide bonds. The molecular formula is C19H17F3N2O2S. The Kier molecular flexibility index (Phi) is 5.74. The van der Waals surface area contributed by atoms with Crippen molar-refractivity contribution in [3.63, 3.8) is 0 Å². The predicted octanol–water partition coefficient (Wildman–Crippen LogP) is 4.78. The topological polar surface area (TPSA) is 58.2 Å². The van der Waals surface area contributed by atoms with E-state index in [4.69, 9.17) is 0 Å². The Balaban J connectivity index is 1.57. The molecule has 0 radical (unpaired) electrons. The first-order valence-corrected chi connectivity index (χ1v) is 9.31. The average molecular weight is 394 g/mol. The van der Waals surface area contributed by atoms with Gasteiger partial charge in [-0.15, -0.1) is 11.8 Å². The van der Waals surface area contributed by atoms with Gasteiger partial charge in [-0.1, -0.05) is 18.2 Å². The fourth-order valence-corrected chi connectivity index (χ4v) is 3.18. The van der Waals surface area contributed by atoms with E-state index in [1.807, 2.05) is 0 Å². The minimum Gasteiger partial charge on any atom is -0.326 e. The second-order valence-corrected chi connectivity index (χ2v) is 7.22. The Morgan fingerprint density at radius 2 is 1.78 bits per heavy atom. The van der Waals surface area contributed by atoms with E-state index in [0.29, 0.717) is 5.69 Å². The van der Waals surface area contributed by atoms with E-state index in [1.54, 1.807) is 24.3 Å². The summed E-state index contributed by atoms with van der Waals surface area (Å²) in [5.74, 6) is -0.518. The number of benzene rings is 2. The van der Waals surface area contributed by atoms with Gasteiger partial charge >= 0.3 is 6.18 Å². The third-order valence-electron chi connectivity index (χ3n) is 3.93. The Labute approximate surface area is 158 Å². The van der Waals surface area contributed by atoms with Crippen LogP contribution in [0.1, 0.15) is 18.4 Å². The monoisotopic (exact) mass is 394 g/mol. The number of halogens is 3. The van der Waals surface area contributed by atoms with Gasteiger partial charge in [0.2, 0.25) is 11.8 Å². The number of amides is 2. The SMILES string of the molecule is O=C(CSc1cccc(NC(=O)C2CC2)c1)Nc1ccccc1C(F)(F)F. The number of hydrogen-bond donors (Lipinski definition) is 2. The van der Waals surface area contributed by atoms with Crippen molar-refractivity contribution in [2.45, 2.75) is 23.9 Å². The zero-order valence-electron chi connectivity index (χ0n) is 14.2. The van der Waals surface area contributed by atoms with E-state index < -0.39 is 17.6 Å². The number of rotatable bonds is 6. The second-order valence-electron chi connectivity index (χ2n) is 6.17. The van der Waals surface area contributed by atoms with Crippen LogP contribution < -0.4 is 10.6 Å². The van der Waals surface area contributed by atoms with Crippen molar-refractivity contribution in [1.82, 2.24) is 0 Å². The van der Waals surface area contributed by atoms with Gasteiger partial charge in [-0.05, 0) is 43.2 Å². The van der Waals surface area contributed by atoms with Crippen molar-refractivity contribution in [3.05, 3.63) is 54.1 Å². The van der Waals surface area contributed by atoms with Crippen LogP contribution >= 0.6 is 11.8 Å². The van der Waals surface area contributed by atoms with Crippen LogP contribution in [0.15, 0.2) is 53.4 Å². The van der Waals surface area contributed by atoms with Crippen molar-refractivity contribution in [1.29, 1.82) is 0 Å². The molecule has 2 aromatic rings. The zero-order valence-corrected chi connectivity index (χ0v) is 15.0. The maximum atomic E-state index is 13.0. The molecule has 0 aliphatic heterocycles. The van der Waals surface area contributed by atoms with Gasteiger partial charge < -0.3 is 10.6 Å². The molecule has 0 spiro atoms. The Morgan fingerprint density at radius 1 is 1.04 bits per heavy atom. The van der Waals surface area contributed by atoms with Gasteiger partial charge in [0.1, 0.15) is 0 Å². The predicted molar refractivity (Wildman–Crippen MR) is 98.6 cm³/mol. The van der Waals surface area contributed by atoms with E-state index in [-0.39, 0.29) is 23.3 Å². The maximum Gasteiger partial charge on any atom is 0.418 e. The number of para-hydroxylation sites is 1. The van der Waals surface area contributed by atoms with Crippen LogP contribution in [0.5, 0.6) is 0 Å². The summed E-state index contributed by atoms with van der Waals surface area (Å²) in [7, 11) is 0. The lowest BCUT2D eigenvalue weighted by Gasteiger charge is -2.13. The molecule has 1 fully saturated rings. The normalized spacial score (nSPS) is 13.9. The molecule has 2 aromatic carbocycles.